The monoisotopic (exact) mass is 286 g/mol. The van der Waals surface area contributed by atoms with Gasteiger partial charge in [-0.3, -0.25) is 14.2 Å². The maximum atomic E-state index is 11.5. The number of azide groups is 1. The lowest BCUT2D eigenvalue weighted by Gasteiger charge is -2.10. The van der Waals surface area contributed by atoms with Gasteiger partial charge in [0.05, 0.1) is 25.1 Å². The minimum absolute atomic E-state index is 0.0283. The lowest BCUT2D eigenvalue weighted by atomic mass is 10.0. The summed E-state index contributed by atoms with van der Waals surface area (Å²) in [5, 5.41) is 4.48. The number of rotatable bonds is 4. The summed E-state index contributed by atoms with van der Waals surface area (Å²) in [5.41, 5.74) is 10.1. The first-order valence-corrected chi connectivity index (χ1v) is 6.29. The summed E-state index contributed by atoms with van der Waals surface area (Å²) in [6.45, 7) is 1.48. The molecule has 0 aliphatic heterocycles. The van der Waals surface area contributed by atoms with E-state index in [2.05, 4.69) is 14.8 Å². The minimum atomic E-state index is -0.632. The van der Waals surface area contributed by atoms with Gasteiger partial charge < -0.3 is 4.74 Å². The van der Waals surface area contributed by atoms with Crippen molar-refractivity contribution in [2.24, 2.45) is 5.11 Å². The fourth-order valence-corrected chi connectivity index (χ4v) is 2.17. The Kier molecular flexibility index (Phi) is 4.25. The van der Waals surface area contributed by atoms with E-state index in [-0.39, 0.29) is 12.3 Å². The highest BCUT2D eigenvalue weighted by atomic mass is 16.5. The third-order valence-electron chi connectivity index (χ3n) is 3.22. The predicted molar refractivity (Wildman–Crippen MR) is 76.8 cm³/mol. The number of aromatic nitrogens is 1. The molecule has 0 spiro atoms. The largest absolute Gasteiger partial charge is 0.469 e. The van der Waals surface area contributed by atoms with Gasteiger partial charge in [0, 0.05) is 23.4 Å². The molecule has 7 nitrogen and oxygen atoms in total. The van der Waals surface area contributed by atoms with Crippen molar-refractivity contribution < 1.29 is 14.3 Å². The molecule has 1 aromatic carbocycles. The van der Waals surface area contributed by atoms with Crippen LogP contribution in [0, 0.1) is 0 Å². The van der Waals surface area contributed by atoms with Gasteiger partial charge in [-0.05, 0) is 29.3 Å². The number of hydrogen-bond donors (Lipinski definition) is 0. The summed E-state index contributed by atoms with van der Waals surface area (Å²) in [7, 11) is 1.28. The molecule has 0 saturated heterocycles. The maximum absolute atomic E-state index is 11.5. The molecule has 0 aliphatic carbocycles. The first kappa shape index (κ1) is 14.6. The second-order valence-corrected chi connectivity index (χ2v) is 4.52. The molecule has 1 unspecified atom stereocenters. The molecule has 1 atom stereocenters. The van der Waals surface area contributed by atoms with Crippen molar-refractivity contribution in [2.75, 3.05) is 7.11 Å². The number of hydrogen-bond acceptors (Lipinski definition) is 4. The lowest BCUT2D eigenvalue weighted by Crippen LogP contribution is -2.07. The Balaban J connectivity index is 2.42. The minimum Gasteiger partial charge on any atom is -0.469 e. The van der Waals surface area contributed by atoms with E-state index in [0.29, 0.717) is 5.56 Å². The van der Waals surface area contributed by atoms with Crippen LogP contribution in [0.4, 0.5) is 0 Å². The van der Waals surface area contributed by atoms with Crippen LogP contribution in [0.5, 0.6) is 0 Å². The van der Waals surface area contributed by atoms with Crippen molar-refractivity contribution in [1.29, 1.82) is 0 Å². The summed E-state index contributed by atoms with van der Waals surface area (Å²) >= 11 is 0. The quantitative estimate of drug-likeness (QED) is 0.373. The average Bonchev–Trinajstić information content (AvgIpc) is 2.89. The Hall–Kier alpha value is -2.79. The third kappa shape index (κ3) is 3.04. The van der Waals surface area contributed by atoms with Gasteiger partial charge in [-0.2, -0.15) is 0 Å². The number of carbonyl (C=O) groups excluding carboxylic acids is 2. The number of nitrogens with zero attached hydrogens (tertiary/aromatic N) is 4. The molecule has 0 radical (unpaired) electrons. The Morgan fingerprint density at radius 2 is 2.19 bits per heavy atom. The van der Waals surface area contributed by atoms with E-state index in [1.54, 1.807) is 30.5 Å². The van der Waals surface area contributed by atoms with Crippen molar-refractivity contribution in [3.05, 3.63) is 46.5 Å². The van der Waals surface area contributed by atoms with Crippen LogP contribution in [-0.4, -0.2) is 23.6 Å². The fourth-order valence-electron chi connectivity index (χ4n) is 2.17. The van der Waals surface area contributed by atoms with Gasteiger partial charge in [-0.25, -0.2) is 0 Å². The second-order valence-electron chi connectivity index (χ2n) is 4.52. The van der Waals surface area contributed by atoms with Crippen LogP contribution in [0.25, 0.3) is 21.3 Å². The van der Waals surface area contributed by atoms with E-state index in [0.717, 1.165) is 10.9 Å². The van der Waals surface area contributed by atoms with E-state index < -0.39 is 12.0 Å². The summed E-state index contributed by atoms with van der Waals surface area (Å²) < 4.78 is 6.13. The second kappa shape index (κ2) is 6.11. The molecule has 0 bridgehead atoms. The van der Waals surface area contributed by atoms with Gasteiger partial charge in [-0.15, -0.1) is 0 Å². The standard InChI is InChI=1S/C14H14N4O3/c1-9(19)18-6-5-11-7-10(3-4-13(11)18)12(16-17-15)8-14(20)21-2/h3-7,12H,8H2,1-2H3. The average molecular weight is 286 g/mol. The van der Waals surface area contributed by atoms with E-state index in [1.165, 1.54) is 18.6 Å². The number of esters is 1. The highest BCUT2D eigenvalue weighted by molar-refractivity contribution is 5.91. The SMILES string of the molecule is COC(=O)CC(N=[N+]=[N-])c1ccc2c(ccn2C(C)=O)c1. The normalized spacial score (nSPS) is 11.7. The first-order valence-electron chi connectivity index (χ1n) is 6.29. The Bertz CT molecular complexity index is 744. The number of fused-ring (bicyclic) bond motifs is 1. The molecule has 108 valence electrons. The van der Waals surface area contributed by atoms with E-state index in [4.69, 9.17) is 5.53 Å². The predicted octanol–water partition coefficient (Wildman–Crippen LogP) is 3.22. The molecule has 0 saturated carbocycles. The van der Waals surface area contributed by atoms with Gasteiger partial charge in [0.1, 0.15) is 0 Å². The van der Waals surface area contributed by atoms with Crippen molar-refractivity contribution >= 4 is 22.8 Å². The first-order chi connectivity index (χ1) is 10.1. The van der Waals surface area contributed by atoms with Crippen LogP contribution in [-0.2, 0) is 9.53 Å². The topological polar surface area (TPSA) is 97.1 Å². The van der Waals surface area contributed by atoms with Gasteiger partial charge in [0.25, 0.3) is 0 Å². The van der Waals surface area contributed by atoms with E-state index in [9.17, 15) is 9.59 Å². The van der Waals surface area contributed by atoms with Crippen LogP contribution < -0.4 is 0 Å². The molecule has 2 aromatic rings. The molecule has 21 heavy (non-hydrogen) atoms. The summed E-state index contributed by atoms with van der Waals surface area (Å²) in [6, 6.07) is 6.48. The van der Waals surface area contributed by atoms with Crippen molar-refractivity contribution in [3.8, 4) is 0 Å². The van der Waals surface area contributed by atoms with E-state index >= 15 is 0 Å². The van der Waals surface area contributed by atoms with Crippen LogP contribution in [0.3, 0.4) is 0 Å². The molecule has 0 aliphatic rings. The van der Waals surface area contributed by atoms with Gasteiger partial charge in [0.2, 0.25) is 5.91 Å². The van der Waals surface area contributed by atoms with Gasteiger partial charge in [0.15, 0.2) is 0 Å². The smallest absolute Gasteiger partial charge is 0.306 e. The van der Waals surface area contributed by atoms with Crippen LogP contribution >= 0.6 is 0 Å². The molecule has 0 N–H and O–H groups in total. The zero-order chi connectivity index (χ0) is 15.4. The van der Waals surface area contributed by atoms with Gasteiger partial charge in [-0.1, -0.05) is 11.2 Å². The Labute approximate surface area is 120 Å². The maximum Gasteiger partial charge on any atom is 0.306 e. The van der Waals surface area contributed by atoms with Crippen molar-refractivity contribution in [3.63, 3.8) is 0 Å². The highest BCUT2D eigenvalue weighted by Crippen LogP contribution is 2.26. The molecular weight excluding hydrogens is 272 g/mol. The van der Waals surface area contributed by atoms with Crippen molar-refractivity contribution in [2.45, 2.75) is 19.4 Å². The van der Waals surface area contributed by atoms with Crippen LogP contribution in [0.2, 0.25) is 0 Å². The van der Waals surface area contributed by atoms with Crippen LogP contribution in [0.15, 0.2) is 35.6 Å². The third-order valence-corrected chi connectivity index (χ3v) is 3.22. The Morgan fingerprint density at radius 1 is 1.43 bits per heavy atom. The molecular formula is C14H14N4O3. The summed E-state index contributed by atoms with van der Waals surface area (Å²) in [4.78, 5) is 25.6. The fraction of sp³-hybridized carbons (Fsp3) is 0.286. The van der Waals surface area contributed by atoms with Gasteiger partial charge >= 0.3 is 5.97 Å². The van der Waals surface area contributed by atoms with Crippen LogP contribution in [0.1, 0.15) is 29.7 Å². The molecule has 1 aromatic heterocycles. The molecule has 1 heterocycles. The number of benzene rings is 1. The zero-order valence-electron chi connectivity index (χ0n) is 11.7. The molecule has 0 amide bonds. The lowest BCUT2D eigenvalue weighted by molar-refractivity contribution is -0.141. The van der Waals surface area contributed by atoms with Crippen molar-refractivity contribution in [1.82, 2.24) is 4.57 Å². The number of carbonyl (C=O) groups is 2. The highest BCUT2D eigenvalue weighted by Gasteiger charge is 2.16. The number of ether oxygens (including phenoxy) is 1. The molecule has 2 rings (SSSR count). The molecule has 7 heteroatoms. The summed E-state index contributed by atoms with van der Waals surface area (Å²) in [6.07, 6.45) is 1.65. The molecule has 0 fully saturated rings. The summed E-state index contributed by atoms with van der Waals surface area (Å²) in [5.74, 6) is -0.535. The zero-order valence-corrected chi connectivity index (χ0v) is 11.7. The number of methoxy groups -OCH3 is 1. The Morgan fingerprint density at radius 3 is 2.81 bits per heavy atom. The van der Waals surface area contributed by atoms with E-state index in [1.807, 2.05) is 0 Å².